The SMILES string of the molecule is CCCCCOc1ccc(C#Cc2cc(F)c(F)nc2F)cc1. The number of hydrogen-bond donors (Lipinski definition) is 0. The zero-order valence-corrected chi connectivity index (χ0v) is 12.7. The summed E-state index contributed by atoms with van der Waals surface area (Å²) in [6.07, 6.45) is 3.26. The van der Waals surface area contributed by atoms with E-state index in [1.54, 1.807) is 24.3 Å². The van der Waals surface area contributed by atoms with Crippen molar-refractivity contribution in [1.29, 1.82) is 0 Å². The van der Waals surface area contributed by atoms with Crippen molar-refractivity contribution in [2.45, 2.75) is 26.2 Å². The average molecular weight is 319 g/mol. The Labute approximate surface area is 133 Å². The van der Waals surface area contributed by atoms with Crippen LogP contribution in [0.1, 0.15) is 37.3 Å². The third kappa shape index (κ3) is 5.03. The Morgan fingerprint density at radius 2 is 1.74 bits per heavy atom. The molecule has 1 aromatic carbocycles. The average Bonchev–Trinajstić information content (AvgIpc) is 2.55. The van der Waals surface area contributed by atoms with Crippen LogP contribution in [0, 0.1) is 29.6 Å². The Bertz CT molecular complexity index is 718. The molecule has 0 saturated heterocycles. The summed E-state index contributed by atoms with van der Waals surface area (Å²) >= 11 is 0. The second-order valence-electron chi connectivity index (χ2n) is 4.93. The second-order valence-corrected chi connectivity index (χ2v) is 4.93. The molecule has 0 bridgehead atoms. The second kappa shape index (κ2) is 8.23. The van der Waals surface area contributed by atoms with E-state index in [0.29, 0.717) is 18.2 Å². The van der Waals surface area contributed by atoms with Gasteiger partial charge in [0.15, 0.2) is 5.82 Å². The topological polar surface area (TPSA) is 22.1 Å². The molecule has 0 aliphatic rings. The fourth-order valence-electron chi connectivity index (χ4n) is 1.85. The Morgan fingerprint density at radius 1 is 1.00 bits per heavy atom. The van der Waals surface area contributed by atoms with Gasteiger partial charge in [0.2, 0.25) is 5.95 Å². The minimum Gasteiger partial charge on any atom is -0.494 e. The van der Waals surface area contributed by atoms with Gasteiger partial charge in [-0.3, -0.25) is 0 Å². The summed E-state index contributed by atoms with van der Waals surface area (Å²) in [5.41, 5.74) is 0.318. The summed E-state index contributed by atoms with van der Waals surface area (Å²) in [4.78, 5) is 2.82. The summed E-state index contributed by atoms with van der Waals surface area (Å²) in [7, 11) is 0. The van der Waals surface area contributed by atoms with Crippen molar-refractivity contribution in [2.24, 2.45) is 0 Å². The molecule has 0 aliphatic carbocycles. The lowest BCUT2D eigenvalue weighted by Gasteiger charge is -2.05. The molecule has 23 heavy (non-hydrogen) atoms. The van der Waals surface area contributed by atoms with E-state index in [1.807, 2.05) is 0 Å². The first kappa shape index (κ1) is 16.9. The van der Waals surface area contributed by atoms with Gasteiger partial charge in [-0.25, -0.2) is 4.39 Å². The molecule has 0 spiro atoms. The molecule has 0 unspecified atom stereocenters. The zero-order valence-electron chi connectivity index (χ0n) is 12.7. The van der Waals surface area contributed by atoms with E-state index < -0.39 is 17.7 Å². The van der Waals surface area contributed by atoms with Crippen LogP contribution in [0.15, 0.2) is 30.3 Å². The highest BCUT2D eigenvalue weighted by Crippen LogP contribution is 2.13. The van der Waals surface area contributed by atoms with E-state index in [2.05, 4.69) is 23.7 Å². The van der Waals surface area contributed by atoms with Crippen molar-refractivity contribution in [3.05, 3.63) is 59.2 Å². The minimum atomic E-state index is -1.47. The van der Waals surface area contributed by atoms with Gasteiger partial charge in [-0.2, -0.15) is 13.8 Å². The van der Waals surface area contributed by atoms with Crippen LogP contribution < -0.4 is 4.74 Å². The highest BCUT2D eigenvalue weighted by Gasteiger charge is 2.09. The smallest absolute Gasteiger partial charge is 0.251 e. The third-order valence-electron chi connectivity index (χ3n) is 3.10. The molecule has 120 valence electrons. The summed E-state index contributed by atoms with van der Waals surface area (Å²) in [6, 6.07) is 7.64. The zero-order chi connectivity index (χ0) is 16.7. The monoisotopic (exact) mass is 319 g/mol. The molecule has 0 amide bonds. The lowest BCUT2D eigenvalue weighted by Crippen LogP contribution is -1.97. The maximum atomic E-state index is 13.4. The molecule has 1 heterocycles. The maximum absolute atomic E-state index is 13.4. The first-order valence-electron chi connectivity index (χ1n) is 7.36. The molecule has 0 radical (unpaired) electrons. The van der Waals surface area contributed by atoms with Crippen LogP contribution in [-0.2, 0) is 0 Å². The first-order valence-corrected chi connectivity index (χ1v) is 7.36. The van der Waals surface area contributed by atoms with Gasteiger partial charge in [0.05, 0.1) is 12.2 Å². The predicted molar refractivity (Wildman–Crippen MR) is 81.6 cm³/mol. The predicted octanol–water partition coefficient (Wildman–Crippen LogP) is 4.47. The molecule has 2 rings (SSSR count). The molecule has 0 N–H and O–H groups in total. The van der Waals surface area contributed by atoms with Gasteiger partial charge in [-0.1, -0.05) is 31.6 Å². The largest absolute Gasteiger partial charge is 0.494 e. The van der Waals surface area contributed by atoms with Crippen LogP contribution in [-0.4, -0.2) is 11.6 Å². The lowest BCUT2D eigenvalue weighted by molar-refractivity contribution is 0.306. The van der Waals surface area contributed by atoms with Crippen LogP contribution in [0.25, 0.3) is 0 Å². The fourth-order valence-corrected chi connectivity index (χ4v) is 1.85. The van der Waals surface area contributed by atoms with Crippen molar-refractivity contribution in [1.82, 2.24) is 4.98 Å². The number of unbranched alkanes of at least 4 members (excludes halogenated alkanes) is 2. The van der Waals surface area contributed by atoms with Crippen LogP contribution in [0.5, 0.6) is 5.75 Å². The molecule has 0 fully saturated rings. The molecule has 5 heteroatoms. The Balaban J connectivity index is 2.03. The van der Waals surface area contributed by atoms with Gasteiger partial charge in [0, 0.05) is 5.56 Å². The van der Waals surface area contributed by atoms with Crippen molar-refractivity contribution >= 4 is 0 Å². The summed E-state index contributed by atoms with van der Waals surface area (Å²) in [5.74, 6) is 2.01. The summed E-state index contributed by atoms with van der Waals surface area (Å²) in [5, 5.41) is 0. The molecule has 2 nitrogen and oxygen atoms in total. The molecule has 0 aliphatic heterocycles. The lowest BCUT2D eigenvalue weighted by atomic mass is 10.2. The van der Waals surface area contributed by atoms with E-state index in [1.165, 1.54) is 0 Å². The van der Waals surface area contributed by atoms with Gasteiger partial charge < -0.3 is 4.74 Å². The first-order chi connectivity index (χ1) is 11.1. The molecule has 0 atom stereocenters. The number of aromatic nitrogens is 1. The van der Waals surface area contributed by atoms with E-state index in [-0.39, 0.29) is 5.56 Å². The van der Waals surface area contributed by atoms with E-state index in [0.717, 1.165) is 25.0 Å². The van der Waals surface area contributed by atoms with Crippen molar-refractivity contribution in [3.8, 4) is 17.6 Å². The van der Waals surface area contributed by atoms with E-state index >= 15 is 0 Å². The molecular formula is C18H16F3NO. The van der Waals surface area contributed by atoms with Crippen LogP contribution in [0.2, 0.25) is 0 Å². The van der Waals surface area contributed by atoms with Gasteiger partial charge in [0.25, 0.3) is 5.95 Å². The third-order valence-corrected chi connectivity index (χ3v) is 3.10. The Kier molecular flexibility index (Phi) is 6.04. The van der Waals surface area contributed by atoms with Crippen molar-refractivity contribution in [3.63, 3.8) is 0 Å². The minimum absolute atomic E-state index is 0.288. The fraction of sp³-hybridized carbons (Fsp3) is 0.278. The number of nitrogens with zero attached hydrogens (tertiary/aromatic N) is 1. The van der Waals surface area contributed by atoms with Gasteiger partial charge in [-0.15, -0.1) is 0 Å². The van der Waals surface area contributed by atoms with Gasteiger partial charge in [0.1, 0.15) is 5.75 Å². The molecule has 1 aromatic heterocycles. The van der Waals surface area contributed by atoms with Crippen LogP contribution in [0.3, 0.4) is 0 Å². The maximum Gasteiger partial charge on any atom is 0.251 e. The molecule has 0 saturated carbocycles. The number of ether oxygens (including phenoxy) is 1. The highest BCUT2D eigenvalue weighted by atomic mass is 19.2. The van der Waals surface area contributed by atoms with Crippen molar-refractivity contribution in [2.75, 3.05) is 6.61 Å². The van der Waals surface area contributed by atoms with Crippen molar-refractivity contribution < 1.29 is 17.9 Å². The van der Waals surface area contributed by atoms with Gasteiger partial charge in [-0.05, 0) is 36.8 Å². The van der Waals surface area contributed by atoms with E-state index in [4.69, 9.17) is 4.74 Å². The number of rotatable bonds is 5. The van der Waals surface area contributed by atoms with Crippen LogP contribution in [0.4, 0.5) is 13.2 Å². The number of halogens is 3. The van der Waals surface area contributed by atoms with Gasteiger partial charge >= 0.3 is 0 Å². The normalized spacial score (nSPS) is 10.1. The summed E-state index contributed by atoms with van der Waals surface area (Å²) in [6.45, 7) is 2.78. The molecular weight excluding hydrogens is 303 g/mol. The Morgan fingerprint density at radius 3 is 2.43 bits per heavy atom. The quantitative estimate of drug-likeness (QED) is 0.461. The number of hydrogen-bond acceptors (Lipinski definition) is 2. The number of pyridine rings is 1. The standard InChI is InChI=1S/C18H16F3NO/c1-2-3-4-11-23-15-9-6-13(7-10-15)5-8-14-12-16(19)18(21)22-17(14)20/h6-7,9-10,12H,2-4,11H2,1H3. The van der Waals surface area contributed by atoms with Crippen LogP contribution >= 0.6 is 0 Å². The summed E-state index contributed by atoms with van der Waals surface area (Å²) < 4.78 is 44.7. The highest BCUT2D eigenvalue weighted by molar-refractivity contribution is 5.44. The Hall–Kier alpha value is -2.48. The van der Waals surface area contributed by atoms with E-state index in [9.17, 15) is 13.2 Å². The molecule has 2 aromatic rings. The number of benzene rings is 1.